The third kappa shape index (κ3) is 4.03. The number of hydrogen-bond acceptors (Lipinski definition) is 4. The van der Waals surface area contributed by atoms with E-state index in [1.807, 2.05) is 11.1 Å². The van der Waals surface area contributed by atoms with Gasteiger partial charge in [-0.15, -0.1) is 5.10 Å². The third-order valence-corrected chi connectivity index (χ3v) is 4.25. The zero-order valence-electron chi connectivity index (χ0n) is 13.0. The lowest BCUT2D eigenvalue weighted by Gasteiger charge is -2.34. The Morgan fingerprint density at radius 1 is 1.33 bits per heavy atom. The van der Waals surface area contributed by atoms with Gasteiger partial charge < -0.3 is 10.2 Å². The second-order valence-electron chi connectivity index (χ2n) is 6.81. The molecule has 6 heteroatoms. The normalized spacial score (nSPS) is 26.1. The molecule has 1 amide bonds. The van der Waals surface area contributed by atoms with Crippen molar-refractivity contribution in [3.8, 4) is 0 Å². The molecular weight excluding hydrogens is 266 g/mol. The van der Waals surface area contributed by atoms with Crippen molar-refractivity contribution in [2.45, 2.75) is 52.2 Å². The van der Waals surface area contributed by atoms with Gasteiger partial charge in [0, 0.05) is 25.7 Å². The molecule has 116 valence electrons. The molecule has 1 saturated heterocycles. The number of hydrogen-bond donors (Lipinski definition) is 1. The number of carbonyl (C=O) groups is 1. The van der Waals surface area contributed by atoms with Crippen molar-refractivity contribution in [2.75, 3.05) is 13.1 Å². The van der Waals surface area contributed by atoms with Crippen LogP contribution < -0.4 is 5.32 Å². The van der Waals surface area contributed by atoms with E-state index in [1.165, 1.54) is 19.3 Å². The zero-order chi connectivity index (χ0) is 14.8. The van der Waals surface area contributed by atoms with Crippen LogP contribution in [-0.2, 0) is 17.9 Å². The van der Waals surface area contributed by atoms with Crippen LogP contribution in [0, 0.1) is 11.8 Å². The van der Waals surface area contributed by atoms with Crippen molar-refractivity contribution in [3.63, 3.8) is 0 Å². The van der Waals surface area contributed by atoms with E-state index in [2.05, 4.69) is 29.5 Å². The van der Waals surface area contributed by atoms with E-state index in [-0.39, 0.29) is 5.91 Å². The molecule has 1 N–H and O–H groups in total. The highest BCUT2D eigenvalue weighted by molar-refractivity contribution is 5.76. The average molecular weight is 291 g/mol. The van der Waals surface area contributed by atoms with Gasteiger partial charge >= 0.3 is 0 Å². The Bertz CT molecular complexity index is 486. The van der Waals surface area contributed by atoms with E-state index in [0.717, 1.165) is 25.3 Å². The summed E-state index contributed by atoms with van der Waals surface area (Å²) in [6.45, 7) is 7.22. The minimum absolute atomic E-state index is 0.153. The fourth-order valence-electron chi connectivity index (χ4n) is 3.14. The van der Waals surface area contributed by atoms with Crippen LogP contribution in [0.4, 0.5) is 0 Å². The molecule has 2 atom stereocenters. The number of carbonyl (C=O) groups excluding carboxylic acids is 1. The lowest BCUT2D eigenvalue weighted by molar-refractivity contribution is -0.134. The standard InChI is InChI=1S/C15H25N5O/c1-11-5-12(2)8-19(7-11)15(21)10-20-9-14(17-18-20)6-16-13-3-4-13/h9,11-13,16H,3-8,10H2,1-2H3. The molecule has 21 heavy (non-hydrogen) atoms. The molecule has 0 radical (unpaired) electrons. The average Bonchev–Trinajstić information content (AvgIpc) is 3.15. The van der Waals surface area contributed by atoms with Crippen molar-refractivity contribution in [1.29, 1.82) is 0 Å². The highest BCUT2D eigenvalue weighted by atomic mass is 16.2. The van der Waals surface area contributed by atoms with Gasteiger partial charge in [0.05, 0.1) is 11.9 Å². The van der Waals surface area contributed by atoms with Gasteiger partial charge in [0.15, 0.2) is 0 Å². The highest BCUT2D eigenvalue weighted by Crippen LogP contribution is 2.21. The summed E-state index contributed by atoms with van der Waals surface area (Å²) in [5.41, 5.74) is 0.912. The summed E-state index contributed by atoms with van der Waals surface area (Å²) in [5.74, 6) is 1.33. The van der Waals surface area contributed by atoms with E-state index >= 15 is 0 Å². The maximum atomic E-state index is 12.4. The summed E-state index contributed by atoms with van der Waals surface area (Å²) < 4.78 is 1.66. The first kappa shape index (κ1) is 14.5. The lowest BCUT2D eigenvalue weighted by Crippen LogP contribution is -2.44. The number of nitrogens with one attached hydrogen (secondary N) is 1. The predicted octanol–water partition coefficient (Wildman–Crippen LogP) is 1.03. The van der Waals surface area contributed by atoms with Gasteiger partial charge in [-0.25, -0.2) is 4.68 Å². The Hall–Kier alpha value is -1.43. The number of piperidine rings is 1. The quantitative estimate of drug-likeness (QED) is 0.880. The number of likely N-dealkylation sites (tertiary alicyclic amines) is 1. The van der Waals surface area contributed by atoms with E-state index in [0.29, 0.717) is 24.4 Å². The fourth-order valence-corrected chi connectivity index (χ4v) is 3.14. The van der Waals surface area contributed by atoms with Gasteiger partial charge in [-0.2, -0.15) is 0 Å². The molecule has 2 unspecified atom stereocenters. The summed E-state index contributed by atoms with van der Waals surface area (Å²) in [6, 6.07) is 0.660. The molecular formula is C15H25N5O. The van der Waals surface area contributed by atoms with Crippen molar-refractivity contribution >= 4 is 5.91 Å². The third-order valence-electron chi connectivity index (χ3n) is 4.25. The van der Waals surface area contributed by atoms with Crippen LogP contribution in [0.25, 0.3) is 0 Å². The summed E-state index contributed by atoms with van der Waals surface area (Å²) in [6.07, 6.45) is 5.62. The van der Waals surface area contributed by atoms with Gasteiger partial charge in [0.2, 0.25) is 5.91 Å². The van der Waals surface area contributed by atoms with Crippen molar-refractivity contribution in [2.24, 2.45) is 11.8 Å². The second-order valence-corrected chi connectivity index (χ2v) is 6.81. The maximum Gasteiger partial charge on any atom is 0.244 e. The van der Waals surface area contributed by atoms with Gasteiger partial charge in [0.25, 0.3) is 0 Å². The van der Waals surface area contributed by atoms with Crippen LogP contribution in [0.1, 0.15) is 38.8 Å². The molecule has 3 rings (SSSR count). The molecule has 1 aromatic rings. The Morgan fingerprint density at radius 2 is 2.05 bits per heavy atom. The lowest BCUT2D eigenvalue weighted by atomic mass is 9.92. The largest absolute Gasteiger partial charge is 0.341 e. The smallest absolute Gasteiger partial charge is 0.244 e. The van der Waals surface area contributed by atoms with Crippen LogP contribution in [0.15, 0.2) is 6.20 Å². The minimum Gasteiger partial charge on any atom is -0.341 e. The van der Waals surface area contributed by atoms with Crippen LogP contribution in [0.2, 0.25) is 0 Å². The molecule has 6 nitrogen and oxygen atoms in total. The van der Waals surface area contributed by atoms with Crippen LogP contribution in [0.5, 0.6) is 0 Å². The van der Waals surface area contributed by atoms with Gasteiger partial charge in [-0.3, -0.25) is 4.79 Å². The molecule has 1 aliphatic carbocycles. The minimum atomic E-state index is 0.153. The van der Waals surface area contributed by atoms with E-state index < -0.39 is 0 Å². The SMILES string of the molecule is CC1CC(C)CN(C(=O)Cn2cc(CNC3CC3)nn2)C1. The molecule has 1 aromatic heterocycles. The van der Waals surface area contributed by atoms with Crippen molar-refractivity contribution in [3.05, 3.63) is 11.9 Å². The second kappa shape index (κ2) is 6.13. The number of aromatic nitrogens is 3. The topological polar surface area (TPSA) is 63.1 Å². The predicted molar refractivity (Wildman–Crippen MR) is 79.4 cm³/mol. The number of rotatable bonds is 5. The first-order valence-electron chi connectivity index (χ1n) is 8.00. The Balaban J connectivity index is 1.51. The summed E-state index contributed by atoms with van der Waals surface area (Å²) in [4.78, 5) is 14.3. The number of amides is 1. The molecule has 1 saturated carbocycles. The Morgan fingerprint density at radius 3 is 2.71 bits per heavy atom. The highest BCUT2D eigenvalue weighted by Gasteiger charge is 2.25. The van der Waals surface area contributed by atoms with E-state index in [9.17, 15) is 4.79 Å². The fraction of sp³-hybridized carbons (Fsp3) is 0.800. The summed E-state index contributed by atoms with van der Waals surface area (Å²) >= 11 is 0. The van der Waals surface area contributed by atoms with Crippen molar-refractivity contribution in [1.82, 2.24) is 25.2 Å². The summed E-state index contributed by atoms with van der Waals surface area (Å²) in [7, 11) is 0. The van der Waals surface area contributed by atoms with Crippen LogP contribution >= 0.6 is 0 Å². The van der Waals surface area contributed by atoms with Gasteiger partial charge in [0.1, 0.15) is 6.54 Å². The Labute approximate surface area is 125 Å². The monoisotopic (exact) mass is 291 g/mol. The van der Waals surface area contributed by atoms with Gasteiger partial charge in [-0.1, -0.05) is 19.1 Å². The molecule has 2 heterocycles. The summed E-state index contributed by atoms with van der Waals surface area (Å²) in [5, 5.41) is 11.6. The first-order valence-corrected chi connectivity index (χ1v) is 8.00. The molecule has 0 aromatic carbocycles. The zero-order valence-corrected chi connectivity index (χ0v) is 13.0. The van der Waals surface area contributed by atoms with Crippen molar-refractivity contribution < 1.29 is 4.79 Å². The maximum absolute atomic E-state index is 12.4. The Kier molecular flexibility index (Phi) is 4.24. The molecule has 0 spiro atoms. The van der Waals surface area contributed by atoms with Crippen LogP contribution in [-0.4, -0.2) is 44.9 Å². The van der Waals surface area contributed by atoms with Crippen LogP contribution in [0.3, 0.4) is 0 Å². The van der Waals surface area contributed by atoms with E-state index in [4.69, 9.17) is 0 Å². The molecule has 1 aliphatic heterocycles. The molecule has 0 bridgehead atoms. The van der Waals surface area contributed by atoms with E-state index in [1.54, 1.807) is 4.68 Å². The molecule has 2 aliphatic rings. The first-order chi connectivity index (χ1) is 10.1. The van der Waals surface area contributed by atoms with Gasteiger partial charge in [-0.05, 0) is 31.1 Å². The molecule has 2 fully saturated rings. The number of nitrogens with zero attached hydrogens (tertiary/aromatic N) is 4.